The number of hydrogen-bond donors (Lipinski definition) is 1. The van der Waals surface area contributed by atoms with Crippen LogP contribution in [0, 0.1) is 6.92 Å². The van der Waals surface area contributed by atoms with Gasteiger partial charge in [-0.15, -0.1) is 11.3 Å². The predicted molar refractivity (Wildman–Crippen MR) is 98.4 cm³/mol. The van der Waals surface area contributed by atoms with Crippen LogP contribution in [0.5, 0.6) is 0 Å². The van der Waals surface area contributed by atoms with Crippen molar-refractivity contribution in [3.05, 3.63) is 49.6 Å². The number of hydrogen-bond acceptors (Lipinski definition) is 3. The lowest BCUT2D eigenvalue weighted by atomic mass is 10.2. The van der Waals surface area contributed by atoms with E-state index in [1.807, 2.05) is 31.4 Å². The molecule has 0 spiro atoms. The second-order valence-corrected chi connectivity index (χ2v) is 7.13. The fourth-order valence-electron chi connectivity index (χ4n) is 2.01. The number of likely N-dealkylation sites (N-methyl/N-ethyl adjacent to an activating group) is 1. The first-order valence-corrected chi connectivity index (χ1v) is 9.05. The first-order valence-electron chi connectivity index (χ1n) is 7.00. The lowest BCUT2D eigenvalue weighted by Gasteiger charge is -2.20. The number of nitrogens with zero attached hydrogens (tertiary/aromatic N) is 1. The number of aryl methyl sites for hydroxylation is 1. The van der Waals surface area contributed by atoms with E-state index in [0.717, 1.165) is 10.0 Å². The topological polar surface area (TPSA) is 49.4 Å². The van der Waals surface area contributed by atoms with Crippen LogP contribution in [-0.4, -0.2) is 29.8 Å². The van der Waals surface area contributed by atoms with Gasteiger partial charge in [-0.3, -0.25) is 9.59 Å². The van der Waals surface area contributed by atoms with Gasteiger partial charge in [0.15, 0.2) is 0 Å². The monoisotopic (exact) mass is 414 g/mol. The number of amides is 2. The van der Waals surface area contributed by atoms with E-state index in [2.05, 4.69) is 21.2 Å². The summed E-state index contributed by atoms with van der Waals surface area (Å²) in [5.41, 5.74) is 1.57. The predicted octanol–water partition coefficient (Wildman–Crippen LogP) is 4.57. The number of carbonyl (C=O) groups excluding carboxylic acids is 2. The zero-order valence-electron chi connectivity index (χ0n) is 12.7. The van der Waals surface area contributed by atoms with Crippen molar-refractivity contribution in [1.29, 1.82) is 0 Å². The Morgan fingerprint density at radius 2 is 2.09 bits per heavy atom. The van der Waals surface area contributed by atoms with E-state index in [9.17, 15) is 9.59 Å². The molecule has 2 amide bonds. The minimum absolute atomic E-state index is 0.00831. The van der Waals surface area contributed by atoms with E-state index in [1.165, 1.54) is 16.2 Å². The smallest absolute Gasteiger partial charge is 0.265 e. The van der Waals surface area contributed by atoms with Crippen molar-refractivity contribution in [2.45, 2.75) is 13.8 Å². The van der Waals surface area contributed by atoms with Gasteiger partial charge in [0.2, 0.25) is 5.91 Å². The van der Waals surface area contributed by atoms with Gasteiger partial charge in [0.25, 0.3) is 5.91 Å². The molecule has 0 atom stereocenters. The highest BCUT2D eigenvalue weighted by molar-refractivity contribution is 9.10. The van der Waals surface area contributed by atoms with E-state index in [-0.39, 0.29) is 18.4 Å². The summed E-state index contributed by atoms with van der Waals surface area (Å²) in [5.74, 6) is -0.411. The number of nitrogens with one attached hydrogen (secondary N) is 1. The average Bonchev–Trinajstić information content (AvgIpc) is 2.94. The highest BCUT2D eigenvalue weighted by Gasteiger charge is 2.20. The number of thiophene rings is 1. The third kappa shape index (κ3) is 4.56. The van der Waals surface area contributed by atoms with Crippen LogP contribution in [0.15, 0.2) is 34.1 Å². The summed E-state index contributed by atoms with van der Waals surface area (Å²) in [6.45, 7) is 4.17. The van der Waals surface area contributed by atoms with E-state index < -0.39 is 0 Å². The van der Waals surface area contributed by atoms with Gasteiger partial charge in [0.05, 0.1) is 0 Å². The lowest BCUT2D eigenvalue weighted by Crippen LogP contribution is -2.37. The van der Waals surface area contributed by atoms with Crippen LogP contribution in [0.1, 0.15) is 22.2 Å². The fraction of sp³-hybridized carbons (Fsp3) is 0.250. The maximum Gasteiger partial charge on any atom is 0.265 e. The largest absolute Gasteiger partial charge is 0.329 e. The highest BCUT2D eigenvalue weighted by atomic mass is 79.9. The fourth-order valence-corrected chi connectivity index (χ4v) is 3.69. The van der Waals surface area contributed by atoms with Crippen LogP contribution in [0.2, 0.25) is 5.02 Å². The van der Waals surface area contributed by atoms with Crippen molar-refractivity contribution < 1.29 is 9.59 Å². The molecule has 0 unspecified atom stereocenters. The number of benzene rings is 1. The average molecular weight is 416 g/mol. The summed E-state index contributed by atoms with van der Waals surface area (Å²) in [6, 6.07) is 7.12. The van der Waals surface area contributed by atoms with Crippen molar-refractivity contribution in [3.8, 4) is 0 Å². The molecule has 23 heavy (non-hydrogen) atoms. The normalized spacial score (nSPS) is 10.4. The first-order chi connectivity index (χ1) is 10.9. The second-order valence-electron chi connectivity index (χ2n) is 4.92. The Labute approximate surface area is 152 Å². The Balaban J connectivity index is 2.07. The van der Waals surface area contributed by atoms with E-state index >= 15 is 0 Å². The second kappa shape index (κ2) is 7.95. The zero-order chi connectivity index (χ0) is 17.0. The van der Waals surface area contributed by atoms with Crippen molar-refractivity contribution in [2.24, 2.45) is 0 Å². The van der Waals surface area contributed by atoms with Crippen LogP contribution in [0.25, 0.3) is 0 Å². The van der Waals surface area contributed by atoms with Gasteiger partial charge in [-0.05, 0) is 58.9 Å². The summed E-state index contributed by atoms with van der Waals surface area (Å²) in [6.07, 6.45) is 0. The Kier molecular flexibility index (Phi) is 6.21. The summed E-state index contributed by atoms with van der Waals surface area (Å²) in [4.78, 5) is 26.8. The van der Waals surface area contributed by atoms with Crippen LogP contribution in [0.3, 0.4) is 0 Å². The molecule has 1 N–H and O–H groups in total. The van der Waals surface area contributed by atoms with E-state index in [4.69, 9.17) is 11.6 Å². The maximum atomic E-state index is 12.5. The SMILES string of the molecule is CCN(CC(=O)Nc1cc(Cl)ccc1C)C(=O)c1sccc1Br. The van der Waals surface area contributed by atoms with Crippen molar-refractivity contribution in [2.75, 3.05) is 18.4 Å². The molecule has 0 aliphatic carbocycles. The minimum Gasteiger partial charge on any atom is -0.329 e. The Hall–Kier alpha value is -1.37. The van der Waals surface area contributed by atoms with Crippen molar-refractivity contribution >= 4 is 56.4 Å². The van der Waals surface area contributed by atoms with Gasteiger partial charge in [-0.25, -0.2) is 0 Å². The van der Waals surface area contributed by atoms with Gasteiger partial charge >= 0.3 is 0 Å². The molecule has 4 nitrogen and oxygen atoms in total. The molecule has 0 saturated carbocycles. The molecule has 0 fully saturated rings. The summed E-state index contributed by atoms with van der Waals surface area (Å²) >= 11 is 10.6. The molecule has 0 aliphatic heterocycles. The Morgan fingerprint density at radius 1 is 1.35 bits per heavy atom. The molecule has 1 aromatic heterocycles. The molecular formula is C16H16BrClN2O2S. The molecule has 122 valence electrons. The van der Waals surface area contributed by atoms with Crippen LogP contribution < -0.4 is 5.32 Å². The van der Waals surface area contributed by atoms with Crippen LogP contribution in [-0.2, 0) is 4.79 Å². The first kappa shape index (κ1) is 18.0. The molecule has 1 heterocycles. The number of carbonyl (C=O) groups is 2. The number of rotatable bonds is 5. The van der Waals surface area contributed by atoms with Gasteiger partial charge in [0, 0.05) is 21.7 Å². The van der Waals surface area contributed by atoms with Gasteiger partial charge in [0.1, 0.15) is 11.4 Å². The molecule has 2 rings (SSSR count). The van der Waals surface area contributed by atoms with Gasteiger partial charge in [-0.2, -0.15) is 0 Å². The molecular weight excluding hydrogens is 400 g/mol. The molecule has 7 heteroatoms. The highest BCUT2D eigenvalue weighted by Crippen LogP contribution is 2.24. The Morgan fingerprint density at radius 3 is 2.70 bits per heavy atom. The maximum absolute atomic E-state index is 12.5. The third-order valence-corrected chi connectivity index (χ3v) is 5.35. The summed E-state index contributed by atoms with van der Waals surface area (Å²) < 4.78 is 0.747. The number of anilines is 1. The lowest BCUT2D eigenvalue weighted by molar-refractivity contribution is -0.116. The van der Waals surface area contributed by atoms with Crippen LogP contribution >= 0.6 is 38.9 Å². The minimum atomic E-state index is -0.252. The van der Waals surface area contributed by atoms with Gasteiger partial charge < -0.3 is 10.2 Å². The molecule has 1 aromatic carbocycles. The molecule has 0 radical (unpaired) electrons. The quantitative estimate of drug-likeness (QED) is 0.777. The molecule has 0 bridgehead atoms. The summed E-state index contributed by atoms with van der Waals surface area (Å²) in [7, 11) is 0. The van der Waals surface area contributed by atoms with Crippen molar-refractivity contribution in [3.63, 3.8) is 0 Å². The van der Waals surface area contributed by atoms with E-state index in [0.29, 0.717) is 22.1 Å². The van der Waals surface area contributed by atoms with Gasteiger partial charge in [-0.1, -0.05) is 17.7 Å². The zero-order valence-corrected chi connectivity index (χ0v) is 15.9. The molecule has 0 saturated heterocycles. The molecule has 2 aromatic rings. The Bertz CT molecular complexity index is 733. The molecule has 0 aliphatic rings. The standard InChI is InChI=1S/C16H16BrClN2O2S/c1-3-20(16(22)15-12(17)6-7-23-15)9-14(21)19-13-8-11(18)5-4-10(13)2/h4-8H,3,9H2,1-2H3,(H,19,21). The third-order valence-electron chi connectivity index (χ3n) is 3.29. The van der Waals surface area contributed by atoms with Crippen LogP contribution in [0.4, 0.5) is 5.69 Å². The van der Waals surface area contributed by atoms with E-state index in [1.54, 1.807) is 12.1 Å². The van der Waals surface area contributed by atoms with Crippen molar-refractivity contribution in [1.82, 2.24) is 4.90 Å². The summed E-state index contributed by atoms with van der Waals surface area (Å²) in [5, 5.41) is 5.19. The number of halogens is 2.